The van der Waals surface area contributed by atoms with Crippen LogP contribution < -0.4 is 0 Å². The van der Waals surface area contributed by atoms with Gasteiger partial charge in [0.05, 0.1) is 36.6 Å². The zero-order chi connectivity index (χ0) is 33.3. The zero-order valence-electron chi connectivity index (χ0n) is 27.2. The molecule has 1 aliphatic heterocycles. The topological polar surface area (TPSA) is 203 Å². The number of hydrogen-bond acceptors (Lipinski definition) is 11. The maximum atomic E-state index is 12.5. The number of hydrogen-bond donors (Lipinski definition) is 7. The lowest BCUT2D eigenvalue weighted by Crippen LogP contribution is -2.68. The average Bonchev–Trinajstić information content (AvgIpc) is 3.21. The van der Waals surface area contributed by atoms with Crippen LogP contribution in [0.2, 0.25) is 0 Å². The summed E-state index contributed by atoms with van der Waals surface area (Å²) in [5, 5.41) is 66.6. The summed E-state index contributed by atoms with van der Waals surface area (Å²) in [5.41, 5.74) is -1.84. The van der Waals surface area contributed by atoms with E-state index in [-0.39, 0.29) is 59.4 Å². The average molecular weight is 665 g/mol. The van der Waals surface area contributed by atoms with Gasteiger partial charge in [-0.15, -0.1) is 0 Å². The second-order valence-electron chi connectivity index (χ2n) is 16.0. The first-order valence-corrected chi connectivity index (χ1v) is 18.2. The first kappa shape index (κ1) is 35.8. The lowest BCUT2D eigenvalue weighted by molar-refractivity contribution is -0.283. The second-order valence-corrected chi connectivity index (χ2v) is 17.1. The number of aliphatic hydroxyl groups is 6. The summed E-state index contributed by atoms with van der Waals surface area (Å²) in [6, 6.07) is 0. The Balaban J connectivity index is 1.27. The van der Waals surface area contributed by atoms with Gasteiger partial charge >= 0.3 is 10.4 Å². The van der Waals surface area contributed by atoms with E-state index in [9.17, 15) is 39.1 Å². The summed E-state index contributed by atoms with van der Waals surface area (Å²) in [7, 11) is -4.93. The SMILES string of the molecule is CC(C)C(CC[C@@H](C)[C@H]1CC(O)[C@@H]2[C@]1(C)CC[C@H]1[C@@]2(O)CC(O)C2CC(O)CC[C@@]21C)O[C@@H]1OC[C@@H](O)[C@H](OS(=O)(=O)O)[C@H]1O. The molecule has 12 nitrogen and oxygen atoms in total. The minimum Gasteiger partial charge on any atom is -0.393 e. The van der Waals surface area contributed by atoms with Gasteiger partial charge in [-0.2, -0.15) is 8.42 Å². The maximum Gasteiger partial charge on any atom is 0.397 e. The van der Waals surface area contributed by atoms with Crippen molar-refractivity contribution in [3.05, 3.63) is 0 Å². The van der Waals surface area contributed by atoms with Gasteiger partial charge < -0.3 is 40.1 Å². The van der Waals surface area contributed by atoms with E-state index in [0.29, 0.717) is 25.7 Å². The molecule has 5 unspecified atom stereocenters. The highest BCUT2D eigenvalue weighted by atomic mass is 32.3. The van der Waals surface area contributed by atoms with Crippen LogP contribution in [-0.4, -0.2) is 105 Å². The second kappa shape index (κ2) is 12.8. The van der Waals surface area contributed by atoms with Gasteiger partial charge in [0.15, 0.2) is 6.29 Å². The van der Waals surface area contributed by atoms with Crippen molar-refractivity contribution < 1.29 is 57.3 Å². The quantitative estimate of drug-likeness (QED) is 0.176. The molecule has 1 heterocycles. The first-order chi connectivity index (χ1) is 20.8. The fraction of sp³-hybridized carbons (Fsp3) is 1.00. The lowest BCUT2D eigenvalue weighted by atomic mass is 9.42. The van der Waals surface area contributed by atoms with E-state index in [0.717, 1.165) is 25.7 Å². The molecular weight excluding hydrogens is 608 g/mol. The van der Waals surface area contributed by atoms with Crippen LogP contribution in [-0.2, 0) is 24.1 Å². The molecule has 0 amide bonds. The standard InChI is InChI=1S/C32H56O12S/c1-16(2)24(43-29-26(37)27(23(36)15-42-29)44-45(39,40)41)7-6-17(3)19-13-21(34)28-31(19,5)11-9-25-30(4)10-8-18(33)12-20(30)22(35)14-32(25,28)38/h16-29,33-38H,6-15H2,1-5H3,(H,39,40,41)/t17-,18?,19-,20?,21?,22?,23-,24?,25-,26-,27+,28-,29+,30+,31-,32+/m1/s1. The fourth-order valence-electron chi connectivity index (χ4n) is 10.9. The molecule has 7 N–H and O–H groups in total. The largest absolute Gasteiger partial charge is 0.397 e. The zero-order valence-corrected chi connectivity index (χ0v) is 28.1. The lowest BCUT2D eigenvalue weighted by Gasteiger charge is -2.66. The van der Waals surface area contributed by atoms with Crippen molar-refractivity contribution in [2.75, 3.05) is 6.61 Å². The smallest absolute Gasteiger partial charge is 0.393 e. The van der Waals surface area contributed by atoms with Crippen molar-refractivity contribution in [2.45, 2.75) is 147 Å². The fourth-order valence-corrected chi connectivity index (χ4v) is 11.4. The van der Waals surface area contributed by atoms with Crippen LogP contribution in [0.15, 0.2) is 0 Å². The molecular formula is C32H56O12S. The predicted molar refractivity (Wildman–Crippen MR) is 162 cm³/mol. The Morgan fingerprint density at radius 3 is 2.22 bits per heavy atom. The van der Waals surface area contributed by atoms with E-state index in [1.807, 2.05) is 13.8 Å². The monoisotopic (exact) mass is 664 g/mol. The van der Waals surface area contributed by atoms with Crippen LogP contribution in [0.25, 0.3) is 0 Å². The first-order valence-electron chi connectivity index (χ1n) is 16.9. The molecule has 0 radical (unpaired) electrons. The molecule has 0 bridgehead atoms. The Hall–Kier alpha value is -0.450. The molecule has 0 aromatic heterocycles. The van der Waals surface area contributed by atoms with Gasteiger partial charge in [0.1, 0.15) is 18.3 Å². The molecule has 5 aliphatic rings. The normalized spacial score (nSPS) is 50.0. The highest BCUT2D eigenvalue weighted by Crippen LogP contribution is 2.69. The molecule has 4 saturated carbocycles. The molecule has 0 aromatic rings. The Labute approximate surface area is 267 Å². The van der Waals surface area contributed by atoms with Gasteiger partial charge in [0, 0.05) is 12.3 Å². The van der Waals surface area contributed by atoms with Crippen molar-refractivity contribution in [3.8, 4) is 0 Å². The van der Waals surface area contributed by atoms with Gasteiger partial charge in [-0.1, -0.05) is 34.6 Å². The third-order valence-corrected chi connectivity index (χ3v) is 13.5. The van der Waals surface area contributed by atoms with Crippen molar-refractivity contribution in [3.63, 3.8) is 0 Å². The van der Waals surface area contributed by atoms with E-state index in [1.165, 1.54) is 0 Å². The van der Waals surface area contributed by atoms with Crippen molar-refractivity contribution in [1.29, 1.82) is 0 Å². The molecule has 16 atom stereocenters. The van der Waals surface area contributed by atoms with Gasteiger partial charge in [0.25, 0.3) is 0 Å². The molecule has 4 aliphatic carbocycles. The molecule has 262 valence electrons. The van der Waals surface area contributed by atoms with Crippen LogP contribution in [0, 0.1) is 46.3 Å². The summed E-state index contributed by atoms with van der Waals surface area (Å²) in [4.78, 5) is 0. The van der Waals surface area contributed by atoms with Gasteiger partial charge in [-0.25, -0.2) is 4.18 Å². The third kappa shape index (κ3) is 6.50. The van der Waals surface area contributed by atoms with Crippen LogP contribution in [0.1, 0.15) is 92.4 Å². The van der Waals surface area contributed by atoms with Gasteiger partial charge in [0.2, 0.25) is 0 Å². The number of ether oxygens (including phenoxy) is 2. The minimum atomic E-state index is -4.93. The van der Waals surface area contributed by atoms with E-state index >= 15 is 0 Å². The Morgan fingerprint density at radius 1 is 0.911 bits per heavy atom. The van der Waals surface area contributed by atoms with Gasteiger partial charge in [-0.05, 0) is 91.8 Å². The minimum absolute atomic E-state index is 0.000809. The molecule has 45 heavy (non-hydrogen) atoms. The summed E-state index contributed by atoms with van der Waals surface area (Å²) >= 11 is 0. The van der Waals surface area contributed by atoms with E-state index in [1.54, 1.807) is 0 Å². The molecule has 5 fully saturated rings. The summed E-state index contributed by atoms with van der Waals surface area (Å²) in [6.07, 6.45) is -2.60. The van der Waals surface area contributed by atoms with Crippen LogP contribution in [0.5, 0.6) is 0 Å². The summed E-state index contributed by atoms with van der Waals surface area (Å²) in [6.45, 7) is 10.1. The Kier molecular flexibility index (Phi) is 10.2. The van der Waals surface area contributed by atoms with Crippen LogP contribution in [0.4, 0.5) is 0 Å². The highest BCUT2D eigenvalue weighted by molar-refractivity contribution is 7.80. The Bertz CT molecular complexity index is 1150. The molecule has 13 heteroatoms. The molecule has 1 saturated heterocycles. The van der Waals surface area contributed by atoms with E-state index in [4.69, 9.17) is 14.0 Å². The number of fused-ring (bicyclic) bond motifs is 5. The van der Waals surface area contributed by atoms with Crippen molar-refractivity contribution in [1.82, 2.24) is 0 Å². The predicted octanol–water partition coefficient (Wildman–Crippen LogP) is 1.79. The Morgan fingerprint density at radius 2 is 1.58 bits per heavy atom. The van der Waals surface area contributed by atoms with E-state index < -0.39 is 65.0 Å². The molecule has 5 rings (SSSR count). The molecule has 0 aromatic carbocycles. The number of aliphatic hydroxyl groups excluding tert-OH is 5. The number of rotatable bonds is 9. The van der Waals surface area contributed by atoms with Crippen molar-refractivity contribution >= 4 is 10.4 Å². The third-order valence-electron chi connectivity index (χ3n) is 13.0. The molecule has 0 spiro atoms. The summed E-state index contributed by atoms with van der Waals surface area (Å²) < 4.78 is 47.7. The van der Waals surface area contributed by atoms with Crippen LogP contribution in [0.3, 0.4) is 0 Å². The van der Waals surface area contributed by atoms with E-state index in [2.05, 4.69) is 25.0 Å². The van der Waals surface area contributed by atoms with Crippen molar-refractivity contribution in [2.24, 2.45) is 46.3 Å². The maximum absolute atomic E-state index is 12.5. The summed E-state index contributed by atoms with van der Waals surface area (Å²) in [5.74, 6) is -0.228. The van der Waals surface area contributed by atoms with Gasteiger partial charge in [-0.3, -0.25) is 4.55 Å². The highest BCUT2D eigenvalue weighted by Gasteiger charge is 2.70. The van der Waals surface area contributed by atoms with Crippen LogP contribution >= 0.6 is 0 Å².